The second kappa shape index (κ2) is 5.03. The standard InChI is InChI=1S/C11H14FN5/c1-2-17-7-9(5-15-17)11(16-13)8-3-10(12)6-14-4-8/h3-7,11,16H,2,13H2,1H3. The molecule has 0 aromatic carbocycles. The highest BCUT2D eigenvalue weighted by atomic mass is 19.1. The first kappa shape index (κ1) is 11.7. The van der Waals surface area contributed by atoms with Crippen LogP contribution in [0.2, 0.25) is 0 Å². The molecule has 3 N–H and O–H groups in total. The summed E-state index contributed by atoms with van der Waals surface area (Å²) in [6.45, 7) is 2.77. The summed E-state index contributed by atoms with van der Waals surface area (Å²) < 4.78 is 14.9. The van der Waals surface area contributed by atoms with Crippen LogP contribution in [-0.4, -0.2) is 14.8 Å². The number of hydrogen-bond acceptors (Lipinski definition) is 4. The number of nitrogens with one attached hydrogen (secondary N) is 1. The van der Waals surface area contributed by atoms with Crippen molar-refractivity contribution in [1.29, 1.82) is 0 Å². The van der Waals surface area contributed by atoms with Crippen LogP contribution in [0.1, 0.15) is 24.1 Å². The molecule has 2 rings (SSSR count). The molecule has 2 heterocycles. The van der Waals surface area contributed by atoms with Crippen LogP contribution in [0, 0.1) is 5.82 Å². The van der Waals surface area contributed by atoms with E-state index in [1.807, 2.05) is 13.1 Å². The van der Waals surface area contributed by atoms with Crippen LogP contribution < -0.4 is 11.3 Å². The van der Waals surface area contributed by atoms with Gasteiger partial charge in [-0.1, -0.05) is 0 Å². The molecule has 0 radical (unpaired) electrons. The van der Waals surface area contributed by atoms with Crippen LogP contribution >= 0.6 is 0 Å². The lowest BCUT2D eigenvalue weighted by atomic mass is 10.0. The van der Waals surface area contributed by atoms with E-state index < -0.39 is 0 Å². The Morgan fingerprint density at radius 1 is 1.41 bits per heavy atom. The fourth-order valence-corrected chi connectivity index (χ4v) is 1.67. The van der Waals surface area contributed by atoms with Gasteiger partial charge in [-0.05, 0) is 18.6 Å². The maximum atomic E-state index is 13.1. The minimum atomic E-state index is -0.384. The van der Waals surface area contributed by atoms with E-state index in [0.29, 0.717) is 5.56 Å². The first-order chi connectivity index (χ1) is 8.24. The Labute approximate surface area is 98.4 Å². The van der Waals surface area contributed by atoms with Gasteiger partial charge in [-0.3, -0.25) is 15.5 Å². The molecule has 0 aliphatic heterocycles. The third-order valence-corrected chi connectivity index (χ3v) is 2.54. The second-order valence-corrected chi connectivity index (χ2v) is 3.67. The van der Waals surface area contributed by atoms with Crippen LogP contribution in [0.3, 0.4) is 0 Å². The van der Waals surface area contributed by atoms with E-state index in [4.69, 9.17) is 5.84 Å². The number of hydrogen-bond donors (Lipinski definition) is 2. The maximum absolute atomic E-state index is 13.1. The van der Waals surface area contributed by atoms with Gasteiger partial charge in [0, 0.05) is 24.5 Å². The van der Waals surface area contributed by atoms with Crippen LogP contribution in [0.4, 0.5) is 4.39 Å². The summed E-state index contributed by atoms with van der Waals surface area (Å²) in [6, 6.07) is 1.10. The van der Waals surface area contributed by atoms with Crippen molar-refractivity contribution in [3.05, 3.63) is 47.8 Å². The maximum Gasteiger partial charge on any atom is 0.141 e. The zero-order valence-electron chi connectivity index (χ0n) is 9.47. The van der Waals surface area contributed by atoms with Crippen LogP contribution in [0.5, 0.6) is 0 Å². The van der Waals surface area contributed by atoms with Crippen LogP contribution in [0.25, 0.3) is 0 Å². The first-order valence-corrected chi connectivity index (χ1v) is 5.33. The number of pyridine rings is 1. The molecule has 6 heteroatoms. The van der Waals surface area contributed by atoms with Gasteiger partial charge < -0.3 is 0 Å². The van der Waals surface area contributed by atoms with E-state index in [9.17, 15) is 4.39 Å². The topological polar surface area (TPSA) is 68.8 Å². The predicted octanol–water partition coefficient (Wildman–Crippen LogP) is 0.990. The lowest BCUT2D eigenvalue weighted by Gasteiger charge is -2.13. The molecule has 1 unspecified atom stereocenters. The van der Waals surface area contributed by atoms with Crippen molar-refractivity contribution in [2.75, 3.05) is 0 Å². The van der Waals surface area contributed by atoms with Crippen molar-refractivity contribution in [2.24, 2.45) is 5.84 Å². The summed E-state index contributed by atoms with van der Waals surface area (Å²) in [7, 11) is 0. The van der Waals surface area contributed by atoms with Gasteiger partial charge in [0.25, 0.3) is 0 Å². The first-order valence-electron chi connectivity index (χ1n) is 5.33. The molecule has 0 fully saturated rings. The number of hydrazine groups is 1. The molecule has 0 saturated carbocycles. The van der Waals surface area contributed by atoms with Gasteiger partial charge in [0.2, 0.25) is 0 Å². The predicted molar refractivity (Wildman–Crippen MR) is 61.3 cm³/mol. The van der Waals surface area contributed by atoms with Crippen molar-refractivity contribution in [2.45, 2.75) is 19.5 Å². The molecular weight excluding hydrogens is 221 g/mol. The van der Waals surface area contributed by atoms with Gasteiger partial charge in [-0.2, -0.15) is 5.10 Å². The highest BCUT2D eigenvalue weighted by molar-refractivity contribution is 5.26. The Morgan fingerprint density at radius 3 is 2.82 bits per heavy atom. The lowest BCUT2D eigenvalue weighted by Crippen LogP contribution is -2.28. The number of aryl methyl sites for hydroxylation is 1. The quantitative estimate of drug-likeness (QED) is 0.612. The average molecular weight is 235 g/mol. The summed E-state index contributed by atoms with van der Waals surface area (Å²) in [5.41, 5.74) is 4.19. The van der Waals surface area contributed by atoms with Gasteiger partial charge in [-0.25, -0.2) is 9.82 Å². The van der Waals surface area contributed by atoms with E-state index in [2.05, 4.69) is 15.5 Å². The summed E-state index contributed by atoms with van der Waals surface area (Å²) in [4.78, 5) is 3.81. The van der Waals surface area contributed by atoms with Gasteiger partial charge in [-0.15, -0.1) is 0 Å². The highest BCUT2D eigenvalue weighted by Gasteiger charge is 2.15. The summed E-state index contributed by atoms with van der Waals surface area (Å²) in [5.74, 6) is 5.12. The molecular formula is C11H14FN5. The van der Waals surface area contributed by atoms with Crippen molar-refractivity contribution < 1.29 is 4.39 Å². The number of nitrogens with two attached hydrogens (primary N) is 1. The number of halogens is 1. The fourth-order valence-electron chi connectivity index (χ4n) is 1.67. The molecule has 2 aromatic rings. The van der Waals surface area contributed by atoms with Crippen molar-refractivity contribution in [3.8, 4) is 0 Å². The average Bonchev–Trinajstić information content (AvgIpc) is 2.79. The number of rotatable bonds is 4. The summed E-state index contributed by atoms with van der Waals surface area (Å²) in [5, 5.41) is 4.16. The van der Waals surface area contributed by atoms with Crippen molar-refractivity contribution >= 4 is 0 Å². The Balaban J connectivity index is 2.33. The fraction of sp³-hybridized carbons (Fsp3) is 0.273. The van der Waals surface area contributed by atoms with Crippen LogP contribution in [0.15, 0.2) is 30.9 Å². The van der Waals surface area contributed by atoms with E-state index in [1.165, 1.54) is 6.07 Å². The Hall–Kier alpha value is -1.79. The molecule has 0 bridgehead atoms. The zero-order valence-corrected chi connectivity index (χ0v) is 9.47. The molecule has 90 valence electrons. The molecule has 0 aliphatic carbocycles. The normalized spacial score (nSPS) is 12.6. The van der Waals surface area contributed by atoms with E-state index in [1.54, 1.807) is 17.1 Å². The van der Waals surface area contributed by atoms with Crippen molar-refractivity contribution in [3.63, 3.8) is 0 Å². The Bertz CT molecular complexity index is 496. The summed E-state index contributed by atoms with van der Waals surface area (Å²) >= 11 is 0. The molecule has 0 saturated heterocycles. The van der Waals surface area contributed by atoms with Crippen molar-refractivity contribution in [1.82, 2.24) is 20.2 Å². The number of aromatic nitrogens is 3. The second-order valence-electron chi connectivity index (χ2n) is 3.67. The third kappa shape index (κ3) is 2.48. The molecule has 0 amide bonds. The van der Waals surface area contributed by atoms with E-state index in [-0.39, 0.29) is 11.9 Å². The minimum absolute atomic E-state index is 0.307. The van der Waals surface area contributed by atoms with Gasteiger partial charge in [0.15, 0.2) is 0 Å². The Kier molecular flexibility index (Phi) is 3.46. The Morgan fingerprint density at radius 2 is 2.24 bits per heavy atom. The zero-order chi connectivity index (χ0) is 12.3. The largest absolute Gasteiger partial charge is 0.273 e. The molecule has 0 spiro atoms. The van der Waals surface area contributed by atoms with Gasteiger partial charge in [0.1, 0.15) is 5.82 Å². The third-order valence-electron chi connectivity index (χ3n) is 2.54. The van der Waals surface area contributed by atoms with E-state index in [0.717, 1.165) is 18.3 Å². The summed E-state index contributed by atoms with van der Waals surface area (Å²) in [6.07, 6.45) is 6.32. The number of nitrogens with zero attached hydrogens (tertiary/aromatic N) is 3. The lowest BCUT2D eigenvalue weighted by molar-refractivity contribution is 0.596. The van der Waals surface area contributed by atoms with Gasteiger partial charge >= 0.3 is 0 Å². The minimum Gasteiger partial charge on any atom is -0.273 e. The molecule has 17 heavy (non-hydrogen) atoms. The van der Waals surface area contributed by atoms with E-state index >= 15 is 0 Å². The molecule has 5 nitrogen and oxygen atoms in total. The monoisotopic (exact) mass is 235 g/mol. The highest BCUT2D eigenvalue weighted by Crippen LogP contribution is 2.20. The van der Waals surface area contributed by atoms with Crippen LogP contribution in [-0.2, 0) is 6.54 Å². The van der Waals surface area contributed by atoms with Gasteiger partial charge in [0.05, 0.1) is 18.4 Å². The molecule has 2 aromatic heterocycles. The SMILES string of the molecule is CCn1cc(C(NN)c2cncc(F)c2)cn1. The molecule has 1 atom stereocenters. The smallest absolute Gasteiger partial charge is 0.141 e. The molecule has 0 aliphatic rings.